The number of hydrogen-bond donors (Lipinski definition) is 1. The summed E-state index contributed by atoms with van der Waals surface area (Å²) in [6.07, 6.45) is 1.01. The molecule has 2 aromatic carbocycles. The Bertz CT molecular complexity index is 869. The Kier molecular flexibility index (Phi) is 5.74. The summed E-state index contributed by atoms with van der Waals surface area (Å²) in [7, 11) is -3.71. The number of nitrogens with zero attached hydrogens (tertiary/aromatic N) is 1. The number of benzene rings is 2. The van der Waals surface area contributed by atoms with Crippen LogP contribution in [0.25, 0.3) is 0 Å². The number of carbonyl (C=O) groups excluding carboxylic acids is 1. The number of anilines is 2. The molecule has 2 aromatic rings. The van der Waals surface area contributed by atoms with Gasteiger partial charge in [-0.1, -0.05) is 41.4 Å². The molecule has 0 spiro atoms. The van der Waals surface area contributed by atoms with Gasteiger partial charge in [0.25, 0.3) is 0 Å². The molecule has 0 unspecified atom stereocenters. The molecule has 0 bridgehead atoms. The Morgan fingerprint density at radius 1 is 1.17 bits per heavy atom. The molecule has 0 aliphatic carbocycles. The van der Waals surface area contributed by atoms with Crippen LogP contribution < -0.4 is 9.62 Å². The van der Waals surface area contributed by atoms with Crippen LogP contribution >= 0.6 is 23.2 Å². The van der Waals surface area contributed by atoms with E-state index in [0.29, 0.717) is 10.7 Å². The molecule has 1 N–H and O–H groups in total. The Balaban J connectivity index is 2.27. The van der Waals surface area contributed by atoms with Gasteiger partial charge in [0.1, 0.15) is 6.54 Å². The number of aryl methyl sites for hydroxylation is 1. The standard InChI is InChI=1S/C16H16Cl2N2O3S/c1-11-5-3-4-6-14(11)19-16(21)10-20(24(2,22)23)15-8-7-12(17)9-13(15)18/h3-9H,10H2,1-2H3,(H,19,21). The van der Waals surface area contributed by atoms with Gasteiger partial charge in [0.2, 0.25) is 15.9 Å². The van der Waals surface area contributed by atoms with Crippen LogP contribution in [0.1, 0.15) is 5.56 Å². The topological polar surface area (TPSA) is 66.5 Å². The van der Waals surface area contributed by atoms with Crippen molar-refractivity contribution in [3.8, 4) is 0 Å². The Hall–Kier alpha value is -1.76. The highest BCUT2D eigenvalue weighted by Gasteiger charge is 2.23. The first-order valence-corrected chi connectivity index (χ1v) is 9.57. The van der Waals surface area contributed by atoms with Crippen LogP contribution in [0.15, 0.2) is 42.5 Å². The molecule has 0 heterocycles. The molecule has 0 radical (unpaired) electrons. The highest BCUT2D eigenvalue weighted by Crippen LogP contribution is 2.30. The van der Waals surface area contributed by atoms with Crippen molar-refractivity contribution < 1.29 is 13.2 Å². The van der Waals surface area contributed by atoms with Gasteiger partial charge in [-0.15, -0.1) is 0 Å². The third-order valence-electron chi connectivity index (χ3n) is 3.29. The third-order valence-corrected chi connectivity index (χ3v) is 4.95. The monoisotopic (exact) mass is 386 g/mol. The van der Waals surface area contributed by atoms with E-state index in [1.165, 1.54) is 18.2 Å². The molecule has 128 valence electrons. The van der Waals surface area contributed by atoms with Crippen molar-refractivity contribution in [3.05, 3.63) is 58.1 Å². The molecule has 8 heteroatoms. The molecule has 0 aromatic heterocycles. The van der Waals surface area contributed by atoms with E-state index in [1.54, 1.807) is 12.1 Å². The number of rotatable bonds is 5. The van der Waals surface area contributed by atoms with E-state index in [0.717, 1.165) is 16.1 Å². The second-order valence-electron chi connectivity index (χ2n) is 5.23. The fourth-order valence-corrected chi connectivity index (χ4v) is 3.53. The Morgan fingerprint density at radius 2 is 1.83 bits per heavy atom. The lowest BCUT2D eigenvalue weighted by atomic mass is 10.2. The van der Waals surface area contributed by atoms with Crippen molar-refractivity contribution in [2.24, 2.45) is 0 Å². The van der Waals surface area contributed by atoms with E-state index < -0.39 is 22.5 Å². The van der Waals surface area contributed by atoms with E-state index in [4.69, 9.17) is 23.2 Å². The maximum Gasteiger partial charge on any atom is 0.245 e. The summed E-state index contributed by atoms with van der Waals surface area (Å²) < 4.78 is 25.1. The smallest absolute Gasteiger partial charge is 0.245 e. The highest BCUT2D eigenvalue weighted by molar-refractivity contribution is 7.92. The Morgan fingerprint density at radius 3 is 2.42 bits per heavy atom. The fourth-order valence-electron chi connectivity index (χ4n) is 2.10. The first-order chi connectivity index (χ1) is 11.2. The number of sulfonamides is 1. The minimum absolute atomic E-state index is 0.150. The van der Waals surface area contributed by atoms with Gasteiger partial charge in [0, 0.05) is 10.7 Å². The van der Waals surface area contributed by atoms with Gasteiger partial charge in [-0.2, -0.15) is 0 Å². The number of amides is 1. The first-order valence-electron chi connectivity index (χ1n) is 6.97. The molecule has 0 saturated heterocycles. The van der Waals surface area contributed by atoms with Crippen molar-refractivity contribution in [1.82, 2.24) is 0 Å². The summed E-state index contributed by atoms with van der Waals surface area (Å²) in [6.45, 7) is 1.45. The predicted octanol–water partition coefficient (Wildman–Crippen LogP) is 3.71. The lowest BCUT2D eigenvalue weighted by molar-refractivity contribution is -0.114. The highest BCUT2D eigenvalue weighted by atomic mass is 35.5. The van der Waals surface area contributed by atoms with Crippen LogP contribution in [-0.2, 0) is 14.8 Å². The van der Waals surface area contributed by atoms with E-state index in [9.17, 15) is 13.2 Å². The molecular weight excluding hydrogens is 371 g/mol. The summed E-state index contributed by atoms with van der Waals surface area (Å²) >= 11 is 11.9. The number of halogens is 2. The van der Waals surface area contributed by atoms with Gasteiger partial charge >= 0.3 is 0 Å². The minimum atomic E-state index is -3.71. The van der Waals surface area contributed by atoms with E-state index in [2.05, 4.69) is 5.32 Å². The van der Waals surface area contributed by atoms with Gasteiger partial charge < -0.3 is 5.32 Å². The molecular formula is C16H16Cl2N2O3S. The van der Waals surface area contributed by atoms with Crippen molar-refractivity contribution >= 4 is 50.5 Å². The zero-order valence-corrected chi connectivity index (χ0v) is 15.4. The second-order valence-corrected chi connectivity index (χ2v) is 7.98. The third kappa shape index (κ3) is 4.63. The number of nitrogens with one attached hydrogen (secondary N) is 1. The van der Waals surface area contributed by atoms with E-state index >= 15 is 0 Å². The van der Waals surface area contributed by atoms with Gasteiger partial charge in [-0.05, 0) is 36.8 Å². The lowest BCUT2D eigenvalue weighted by Gasteiger charge is -2.23. The molecule has 2 rings (SSSR count). The maximum atomic E-state index is 12.3. The van der Waals surface area contributed by atoms with Crippen LogP contribution in [0.3, 0.4) is 0 Å². The average molecular weight is 387 g/mol. The molecule has 5 nitrogen and oxygen atoms in total. The van der Waals surface area contributed by atoms with Crippen LogP contribution in [0, 0.1) is 6.92 Å². The van der Waals surface area contributed by atoms with Crippen LogP contribution in [0.5, 0.6) is 0 Å². The van der Waals surface area contributed by atoms with Crippen molar-refractivity contribution in [2.45, 2.75) is 6.92 Å². The molecule has 0 saturated carbocycles. The fraction of sp³-hybridized carbons (Fsp3) is 0.188. The van der Waals surface area contributed by atoms with Gasteiger partial charge in [0.15, 0.2) is 0 Å². The van der Waals surface area contributed by atoms with Crippen molar-refractivity contribution in [1.29, 1.82) is 0 Å². The van der Waals surface area contributed by atoms with Crippen molar-refractivity contribution in [2.75, 3.05) is 22.4 Å². The SMILES string of the molecule is Cc1ccccc1NC(=O)CN(c1ccc(Cl)cc1Cl)S(C)(=O)=O. The quantitative estimate of drug-likeness (QED) is 0.851. The first kappa shape index (κ1) is 18.6. The number of carbonyl (C=O) groups is 1. The van der Waals surface area contributed by atoms with Gasteiger partial charge in [-0.25, -0.2) is 8.42 Å². The summed E-state index contributed by atoms with van der Waals surface area (Å²) in [5.41, 5.74) is 1.70. The minimum Gasteiger partial charge on any atom is -0.324 e. The summed E-state index contributed by atoms with van der Waals surface area (Å²) in [4.78, 5) is 12.3. The zero-order valence-electron chi connectivity index (χ0n) is 13.1. The summed E-state index contributed by atoms with van der Waals surface area (Å²) in [5.74, 6) is -0.472. The normalized spacial score (nSPS) is 11.2. The van der Waals surface area contributed by atoms with Crippen molar-refractivity contribution in [3.63, 3.8) is 0 Å². The molecule has 0 aliphatic rings. The van der Waals surface area contributed by atoms with Crippen LogP contribution in [0.2, 0.25) is 10.0 Å². The van der Waals surface area contributed by atoms with Gasteiger partial charge in [0.05, 0.1) is 17.0 Å². The zero-order chi connectivity index (χ0) is 17.9. The average Bonchev–Trinajstić information content (AvgIpc) is 2.47. The van der Waals surface area contributed by atoms with Crippen LogP contribution in [0.4, 0.5) is 11.4 Å². The predicted molar refractivity (Wildman–Crippen MR) is 98.5 cm³/mol. The summed E-state index contributed by atoms with van der Waals surface area (Å²) in [5, 5.41) is 3.23. The van der Waals surface area contributed by atoms with E-state index in [1.807, 2.05) is 19.1 Å². The van der Waals surface area contributed by atoms with E-state index in [-0.39, 0.29) is 10.7 Å². The second kappa shape index (κ2) is 7.42. The largest absolute Gasteiger partial charge is 0.324 e. The lowest BCUT2D eigenvalue weighted by Crippen LogP contribution is -2.37. The molecule has 0 fully saturated rings. The maximum absolute atomic E-state index is 12.3. The van der Waals surface area contributed by atoms with Crippen LogP contribution in [-0.4, -0.2) is 27.1 Å². The molecule has 0 aliphatic heterocycles. The molecule has 24 heavy (non-hydrogen) atoms. The van der Waals surface area contributed by atoms with Gasteiger partial charge in [-0.3, -0.25) is 9.10 Å². The number of para-hydroxylation sites is 1. The summed E-state index contributed by atoms with van der Waals surface area (Å²) in [6, 6.07) is 11.6. The molecule has 1 amide bonds. The Labute approximate surface area is 151 Å². The molecule has 0 atom stereocenters. The number of hydrogen-bond acceptors (Lipinski definition) is 3.